The molecule has 2 aromatic carbocycles. The van der Waals surface area contributed by atoms with Crippen molar-refractivity contribution in [3.05, 3.63) is 77.1 Å². The number of hydrogen-bond acceptors (Lipinski definition) is 5. The maximum Gasteiger partial charge on any atom is 0.274 e. The fraction of sp³-hybridized carbons (Fsp3) is 0.190. The van der Waals surface area contributed by atoms with E-state index < -0.39 is 0 Å². The quantitative estimate of drug-likeness (QED) is 0.601. The first-order valence-electron chi connectivity index (χ1n) is 8.89. The number of nitrogens with zero attached hydrogens (tertiary/aromatic N) is 2. The van der Waals surface area contributed by atoms with E-state index >= 15 is 0 Å². The lowest BCUT2D eigenvalue weighted by atomic mass is 10.2. The zero-order chi connectivity index (χ0) is 19.9. The number of carbonyl (C=O) groups is 1. The van der Waals surface area contributed by atoms with Gasteiger partial charge in [-0.1, -0.05) is 29.8 Å². The van der Waals surface area contributed by atoms with Gasteiger partial charge in [-0.05, 0) is 55.8 Å². The van der Waals surface area contributed by atoms with E-state index in [1.807, 2.05) is 50.2 Å². The van der Waals surface area contributed by atoms with Crippen molar-refractivity contribution in [2.45, 2.75) is 26.5 Å². The summed E-state index contributed by atoms with van der Waals surface area (Å²) in [6.07, 6.45) is 1.63. The summed E-state index contributed by atoms with van der Waals surface area (Å²) in [5, 5.41) is 6.56. The normalized spacial score (nSPS) is 10.6. The smallest absolute Gasteiger partial charge is 0.274 e. The Morgan fingerprint density at radius 2 is 1.86 bits per heavy atom. The molecule has 0 fully saturated rings. The van der Waals surface area contributed by atoms with Crippen molar-refractivity contribution in [3.8, 4) is 5.75 Å². The summed E-state index contributed by atoms with van der Waals surface area (Å²) in [6.45, 7) is 4.38. The van der Waals surface area contributed by atoms with Crippen LogP contribution in [0, 0.1) is 0 Å². The fourth-order valence-corrected chi connectivity index (χ4v) is 2.67. The second kappa shape index (κ2) is 9.19. The van der Waals surface area contributed by atoms with Gasteiger partial charge in [-0.15, -0.1) is 0 Å². The first-order valence-corrected chi connectivity index (χ1v) is 9.27. The van der Waals surface area contributed by atoms with Crippen molar-refractivity contribution in [1.29, 1.82) is 0 Å². The molecule has 0 aliphatic carbocycles. The van der Waals surface area contributed by atoms with E-state index in [0.717, 1.165) is 11.3 Å². The highest BCUT2D eigenvalue weighted by Gasteiger charge is 2.10. The molecular weight excluding hydrogens is 376 g/mol. The number of benzene rings is 2. The van der Waals surface area contributed by atoms with E-state index in [0.29, 0.717) is 23.2 Å². The molecule has 1 heterocycles. The van der Waals surface area contributed by atoms with Crippen molar-refractivity contribution < 1.29 is 9.53 Å². The Bertz CT molecular complexity index is 945. The van der Waals surface area contributed by atoms with Gasteiger partial charge < -0.3 is 15.4 Å². The molecule has 1 amide bonds. The molecule has 0 spiro atoms. The molecule has 6 nitrogen and oxygen atoms in total. The molecule has 0 saturated carbocycles. The lowest BCUT2D eigenvalue weighted by Gasteiger charge is -2.11. The predicted molar refractivity (Wildman–Crippen MR) is 111 cm³/mol. The third kappa shape index (κ3) is 5.44. The highest BCUT2D eigenvalue weighted by Crippen LogP contribution is 2.18. The van der Waals surface area contributed by atoms with Crippen LogP contribution in [0.4, 0.5) is 11.6 Å². The molecular formula is C21H21ClN4O2. The van der Waals surface area contributed by atoms with Crippen molar-refractivity contribution in [3.63, 3.8) is 0 Å². The Morgan fingerprint density at radius 1 is 1.11 bits per heavy atom. The van der Waals surface area contributed by atoms with Gasteiger partial charge in [0.1, 0.15) is 11.4 Å². The summed E-state index contributed by atoms with van der Waals surface area (Å²) < 4.78 is 5.60. The van der Waals surface area contributed by atoms with Crippen molar-refractivity contribution in [1.82, 2.24) is 9.97 Å². The third-order valence-corrected chi connectivity index (χ3v) is 4.14. The Hall–Kier alpha value is -3.12. The van der Waals surface area contributed by atoms with Gasteiger partial charge in [0.15, 0.2) is 0 Å². The van der Waals surface area contributed by atoms with Crippen molar-refractivity contribution >= 4 is 29.1 Å². The molecule has 0 saturated heterocycles. The number of nitrogens with one attached hydrogen (secondary N) is 2. The molecule has 0 bridgehead atoms. The molecule has 28 heavy (non-hydrogen) atoms. The number of rotatable bonds is 7. The Morgan fingerprint density at radius 3 is 2.57 bits per heavy atom. The monoisotopic (exact) mass is 396 g/mol. The molecule has 0 unspecified atom stereocenters. The molecule has 0 radical (unpaired) electrons. The van der Waals surface area contributed by atoms with Crippen LogP contribution in [-0.2, 0) is 6.54 Å². The van der Waals surface area contributed by atoms with Crippen LogP contribution in [0.2, 0.25) is 5.02 Å². The topological polar surface area (TPSA) is 76.1 Å². The first kappa shape index (κ1) is 19.6. The summed E-state index contributed by atoms with van der Waals surface area (Å²) in [5.41, 5.74) is 1.84. The first-order chi connectivity index (χ1) is 13.5. The number of hydrogen-bond donors (Lipinski definition) is 2. The second-order valence-electron chi connectivity index (χ2n) is 6.36. The molecule has 144 valence electrons. The van der Waals surface area contributed by atoms with Gasteiger partial charge in [0.05, 0.1) is 6.10 Å². The lowest BCUT2D eigenvalue weighted by Crippen LogP contribution is -2.15. The van der Waals surface area contributed by atoms with Gasteiger partial charge >= 0.3 is 0 Å². The maximum absolute atomic E-state index is 12.5. The molecule has 0 aliphatic heterocycles. The number of aromatic nitrogens is 2. The van der Waals surface area contributed by atoms with E-state index in [1.54, 1.807) is 18.2 Å². The van der Waals surface area contributed by atoms with Gasteiger partial charge in [0.25, 0.3) is 5.91 Å². The highest BCUT2D eigenvalue weighted by molar-refractivity contribution is 6.31. The summed E-state index contributed by atoms with van der Waals surface area (Å²) in [5.74, 6) is 0.787. The largest absolute Gasteiger partial charge is 0.491 e. The van der Waals surface area contributed by atoms with E-state index in [4.69, 9.17) is 16.3 Å². The SMILES string of the molecule is CC(C)Oc1ccc(NC(=O)c2ccnc(NCc3ccccc3Cl)n2)cc1. The minimum absolute atomic E-state index is 0.0955. The van der Waals surface area contributed by atoms with Gasteiger partial charge in [-0.3, -0.25) is 4.79 Å². The van der Waals surface area contributed by atoms with Gasteiger partial charge in [-0.25, -0.2) is 9.97 Å². The van der Waals surface area contributed by atoms with E-state index in [2.05, 4.69) is 20.6 Å². The third-order valence-electron chi connectivity index (χ3n) is 3.77. The fourth-order valence-electron chi connectivity index (χ4n) is 2.47. The zero-order valence-corrected chi connectivity index (χ0v) is 16.4. The van der Waals surface area contributed by atoms with Crippen LogP contribution in [0.5, 0.6) is 5.75 Å². The molecule has 3 rings (SSSR count). The van der Waals surface area contributed by atoms with Crippen LogP contribution in [0.1, 0.15) is 29.9 Å². The number of anilines is 2. The number of halogens is 1. The van der Waals surface area contributed by atoms with Gasteiger partial charge in [-0.2, -0.15) is 0 Å². The summed E-state index contributed by atoms with van der Waals surface area (Å²) in [7, 11) is 0. The van der Waals surface area contributed by atoms with Crippen molar-refractivity contribution in [2.24, 2.45) is 0 Å². The van der Waals surface area contributed by atoms with Crippen molar-refractivity contribution in [2.75, 3.05) is 10.6 Å². The van der Waals surface area contributed by atoms with Gasteiger partial charge in [0, 0.05) is 23.5 Å². The molecule has 7 heteroatoms. The van der Waals surface area contributed by atoms with Gasteiger partial charge in [0.2, 0.25) is 5.95 Å². The minimum Gasteiger partial charge on any atom is -0.491 e. The minimum atomic E-state index is -0.319. The number of amides is 1. The van der Waals surface area contributed by atoms with Crippen LogP contribution >= 0.6 is 11.6 Å². The van der Waals surface area contributed by atoms with E-state index in [-0.39, 0.29) is 17.7 Å². The van der Waals surface area contributed by atoms with Crippen LogP contribution < -0.4 is 15.4 Å². The highest BCUT2D eigenvalue weighted by atomic mass is 35.5. The summed E-state index contributed by atoms with van der Waals surface area (Å²) >= 11 is 6.15. The summed E-state index contributed by atoms with van der Waals surface area (Å²) in [4.78, 5) is 20.9. The molecule has 0 aliphatic rings. The molecule has 3 aromatic rings. The standard InChI is InChI=1S/C21H21ClN4O2/c1-14(2)28-17-9-7-16(8-10-17)25-20(27)19-11-12-23-21(26-19)24-13-15-5-3-4-6-18(15)22/h3-12,14H,13H2,1-2H3,(H,25,27)(H,23,24,26). The Kier molecular flexibility index (Phi) is 6.45. The summed E-state index contributed by atoms with van der Waals surface area (Å²) in [6, 6.07) is 16.3. The maximum atomic E-state index is 12.5. The average Bonchev–Trinajstić information content (AvgIpc) is 2.69. The van der Waals surface area contributed by atoms with Crippen LogP contribution in [0.25, 0.3) is 0 Å². The van der Waals surface area contributed by atoms with Crippen LogP contribution in [-0.4, -0.2) is 22.0 Å². The predicted octanol–water partition coefficient (Wildman–Crippen LogP) is 4.78. The molecule has 2 N–H and O–H groups in total. The second-order valence-corrected chi connectivity index (χ2v) is 6.76. The Labute approximate surface area is 168 Å². The Balaban J connectivity index is 1.62. The number of carbonyl (C=O) groups excluding carboxylic acids is 1. The lowest BCUT2D eigenvalue weighted by molar-refractivity contribution is 0.102. The van der Waals surface area contributed by atoms with E-state index in [1.165, 1.54) is 6.20 Å². The van der Waals surface area contributed by atoms with Crippen LogP contribution in [0.3, 0.4) is 0 Å². The number of ether oxygens (including phenoxy) is 1. The average molecular weight is 397 g/mol. The molecule has 1 aromatic heterocycles. The van der Waals surface area contributed by atoms with E-state index in [9.17, 15) is 4.79 Å². The van der Waals surface area contributed by atoms with Crippen LogP contribution in [0.15, 0.2) is 60.8 Å². The zero-order valence-electron chi connectivity index (χ0n) is 15.6. The molecule has 0 atom stereocenters.